The molecule has 2 aromatic heterocycles. The van der Waals surface area contributed by atoms with E-state index in [1.54, 1.807) is 23.3 Å². The first-order chi connectivity index (χ1) is 6.86. The second-order valence-electron chi connectivity index (χ2n) is 2.47. The Labute approximate surface area is 83.6 Å². The molecule has 2 aromatic rings. The van der Waals surface area contributed by atoms with Crippen molar-refractivity contribution >= 4 is 0 Å². The minimum absolute atomic E-state index is 0.741. The fourth-order valence-electron chi connectivity index (χ4n) is 0.908. The molecule has 14 heavy (non-hydrogen) atoms. The van der Waals surface area contributed by atoms with Crippen molar-refractivity contribution in [1.29, 1.82) is 0 Å². The number of aromatic nitrogens is 4. The number of hydrogen-bond donors (Lipinski definition) is 0. The molecule has 0 atom stereocenters. The molecule has 2 rings (SSSR count). The van der Waals surface area contributed by atoms with Crippen LogP contribution in [0.2, 0.25) is 0 Å². The first kappa shape index (κ1) is 10.4. The summed E-state index contributed by atoms with van der Waals surface area (Å²) in [6.07, 6.45) is 6.96. The SMILES string of the molecule is CC.Cc1cnc(-n2cccn2)cn1. The Balaban J connectivity index is 0.000000461. The van der Waals surface area contributed by atoms with Gasteiger partial charge in [-0.25, -0.2) is 9.67 Å². The predicted octanol–water partition coefficient (Wildman–Crippen LogP) is 2.00. The molecule has 0 aromatic carbocycles. The Bertz CT molecular complexity index is 350. The molecule has 0 aliphatic carbocycles. The van der Waals surface area contributed by atoms with Crippen molar-refractivity contribution in [3.63, 3.8) is 0 Å². The van der Waals surface area contributed by atoms with E-state index in [4.69, 9.17) is 0 Å². The second-order valence-corrected chi connectivity index (χ2v) is 2.47. The van der Waals surface area contributed by atoms with Crippen LogP contribution in [0, 0.1) is 6.92 Å². The summed E-state index contributed by atoms with van der Waals surface area (Å²) < 4.78 is 1.67. The minimum atomic E-state index is 0.741. The predicted molar refractivity (Wildman–Crippen MR) is 55.2 cm³/mol. The van der Waals surface area contributed by atoms with Gasteiger partial charge < -0.3 is 0 Å². The molecule has 0 N–H and O–H groups in total. The Morgan fingerprint density at radius 3 is 2.43 bits per heavy atom. The van der Waals surface area contributed by atoms with Crippen LogP contribution in [0.15, 0.2) is 30.9 Å². The maximum Gasteiger partial charge on any atom is 0.171 e. The first-order valence-corrected chi connectivity index (χ1v) is 4.65. The van der Waals surface area contributed by atoms with Crippen LogP contribution in [-0.2, 0) is 0 Å². The topological polar surface area (TPSA) is 43.6 Å². The van der Waals surface area contributed by atoms with Crippen molar-refractivity contribution in [3.05, 3.63) is 36.5 Å². The van der Waals surface area contributed by atoms with Crippen LogP contribution < -0.4 is 0 Å². The fourth-order valence-corrected chi connectivity index (χ4v) is 0.908. The standard InChI is InChI=1S/C8H8N4.C2H6/c1-7-5-10-8(6-9-7)12-4-2-3-11-12;1-2/h2-6H,1H3;1-2H3. The van der Waals surface area contributed by atoms with Crippen LogP contribution in [0.25, 0.3) is 5.82 Å². The molecule has 0 aliphatic heterocycles. The number of rotatable bonds is 1. The van der Waals surface area contributed by atoms with Crippen LogP contribution in [0.4, 0.5) is 0 Å². The highest BCUT2D eigenvalue weighted by Gasteiger charge is 1.95. The van der Waals surface area contributed by atoms with Crippen molar-refractivity contribution in [3.8, 4) is 5.82 Å². The van der Waals surface area contributed by atoms with E-state index >= 15 is 0 Å². The van der Waals surface area contributed by atoms with Crippen molar-refractivity contribution in [2.45, 2.75) is 20.8 Å². The van der Waals surface area contributed by atoms with Gasteiger partial charge in [0.2, 0.25) is 0 Å². The molecule has 0 unspecified atom stereocenters. The van der Waals surface area contributed by atoms with Gasteiger partial charge in [-0.2, -0.15) is 5.10 Å². The van der Waals surface area contributed by atoms with Gasteiger partial charge in [-0.3, -0.25) is 4.98 Å². The van der Waals surface area contributed by atoms with E-state index in [2.05, 4.69) is 15.1 Å². The summed E-state index contributed by atoms with van der Waals surface area (Å²) >= 11 is 0. The lowest BCUT2D eigenvalue weighted by Gasteiger charge is -1.98. The van der Waals surface area contributed by atoms with Crippen LogP contribution >= 0.6 is 0 Å². The molecular weight excluding hydrogens is 176 g/mol. The highest BCUT2D eigenvalue weighted by molar-refractivity contribution is 5.16. The third-order valence-corrected chi connectivity index (χ3v) is 1.51. The van der Waals surface area contributed by atoms with Crippen molar-refractivity contribution < 1.29 is 0 Å². The molecule has 0 saturated carbocycles. The van der Waals surface area contributed by atoms with Gasteiger partial charge in [0.1, 0.15) is 0 Å². The summed E-state index contributed by atoms with van der Waals surface area (Å²) in [6, 6.07) is 1.85. The summed E-state index contributed by atoms with van der Waals surface area (Å²) in [5.41, 5.74) is 0.908. The molecule has 0 radical (unpaired) electrons. The molecule has 0 bridgehead atoms. The summed E-state index contributed by atoms with van der Waals surface area (Å²) in [4.78, 5) is 8.27. The monoisotopic (exact) mass is 190 g/mol. The maximum absolute atomic E-state index is 4.16. The Hall–Kier alpha value is -1.71. The maximum atomic E-state index is 4.16. The molecular formula is C10H14N4. The largest absolute Gasteiger partial charge is 0.256 e. The lowest BCUT2D eigenvalue weighted by molar-refractivity contribution is 0.833. The molecule has 4 nitrogen and oxygen atoms in total. The van der Waals surface area contributed by atoms with E-state index in [1.807, 2.05) is 33.0 Å². The third kappa shape index (κ3) is 2.39. The normalized spacial score (nSPS) is 9.07. The van der Waals surface area contributed by atoms with Crippen molar-refractivity contribution in [1.82, 2.24) is 19.7 Å². The lowest BCUT2D eigenvalue weighted by atomic mass is 10.5. The molecule has 0 amide bonds. The van der Waals surface area contributed by atoms with Crippen molar-refractivity contribution in [2.75, 3.05) is 0 Å². The second kappa shape index (κ2) is 5.11. The van der Waals surface area contributed by atoms with Crippen LogP contribution in [0.5, 0.6) is 0 Å². The van der Waals surface area contributed by atoms with E-state index in [9.17, 15) is 0 Å². The summed E-state index contributed by atoms with van der Waals surface area (Å²) in [6.45, 7) is 5.90. The molecule has 0 saturated heterocycles. The van der Waals surface area contributed by atoms with Gasteiger partial charge in [-0.1, -0.05) is 13.8 Å². The molecule has 0 fully saturated rings. The van der Waals surface area contributed by atoms with E-state index in [0.29, 0.717) is 0 Å². The van der Waals surface area contributed by atoms with Gasteiger partial charge in [0.25, 0.3) is 0 Å². The minimum Gasteiger partial charge on any atom is -0.256 e. The van der Waals surface area contributed by atoms with Crippen LogP contribution in [-0.4, -0.2) is 19.7 Å². The highest BCUT2D eigenvalue weighted by Crippen LogP contribution is 1.99. The summed E-state index contributed by atoms with van der Waals surface area (Å²) in [5.74, 6) is 0.741. The zero-order valence-electron chi connectivity index (χ0n) is 8.68. The van der Waals surface area contributed by atoms with Gasteiger partial charge >= 0.3 is 0 Å². The van der Waals surface area contributed by atoms with Gasteiger partial charge in [0, 0.05) is 12.4 Å². The lowest BCUT2D eigenvalue weighted by Crippen LogP contribution is -1.98. The number of aryl methyl sites for hydroxylation is 1. The third-order valence-electron chi connectivity index (χ3n) is 1.51. The number of nitrogens with zero attached hydrogens (tertiary/aromatic N) is 4. The fraction of sp³-hybridized carbons (Fsp3) is 0.300. The van der Waals surface area contributed by atoms with Gasteiger partial charge in [0.15, 0.2) is 5.82 Å². The van der Waals surface area contributed by atoms with E-state index in [0.717, 1.165) is 11.5 Å². The van der Waals surface area contributed by atoms with Crippen molar-refractivity contribution in [2.24, 2.45) is 0 Å². The Kier molecular flexibility index (Phi) is 3.79. The molecule has 4 heteroatoms. The van der Waals surface area contributed by atoms with Gasteiger partial charge in [0.05, 0.1) is 18.1 Å². The highest BCUT2D eigenvalue weighted by atomic mass is 15.3. The molecule has 2 heterocycles. The Morgan fingerprint density at radius 2 is 1.93 bits per heavy atom. The molecule has 74 valence electrons. The summed E-state index contributed by atoms with van der Waals surface area (Å²) in [5, 5.41) is 4.03. The van der Waals surface area contributed by atoms with Gasteiger partial charge in [-0.15, -0.1) is 0 Å². The average Bonchev–Trinajstić information content (AvgIpc) is 2.75. The number of hydrogen-bond acceptors (Lipinski definition) is 3. The smallest absolute Gasteiger partial charge is 0.171 e. The van der Waals surface area contributed by atoms with E-state index < -0.39 is 0 Å². The Morgan fingerprint density at radius 1 is 1.14 bits per heavy atom. The first-order valence-electron chi connectivity index (χ1n) is 4.65. The van der Waals surface area contributed by atoms with Crippen LogP contribution in [0.3, 0.4) is 0 Å². The quantitative estimate of drug-likeness (QED) is 0.690. The van der Waals surface area contributed by atoms with E-state index in [-0.39, 0.29) is 0 Å². The zero-order valence-corrected chi connectivity index (χ0v) is 8.68. The summed E-state index contributed by atoms with van der Waals surface area (Å²) in [7, 11) is 0. The van der Waals surface area contributed by atoms with Gasteiger partial charge in [-0.05, 0) is 13.0 Å². The van der Waals surface area contributed by atoms with Crippen LogP contribution in [0.1, 0.15) is 19.5 Å². The zero-order chi connectivity index (χ0) is 10.4. The molecule has 0 aliphatic rings. The van der Waals surface area contributed by atoms with E-state index in [1.165, 1.54) is 0 Å². The average molecular weight is 190 g/mol. The molecule has 0 spiro atoms.